The molecule has 0 fully saturated rings. The summed E-state index contributed by atoms with van der Waals surface area (Å²) in [5.41, 5.74) is 4.99. The van der Waals surface area contributed by atoms with Gasteiger partial charge in [-0.05, 0) is 63.5 Å². The zero-order valence-corrected chi connectivity index (χ0v) is 18.9. The lowest BCUT2D eigenvalue weighted by Gasteiger charge is -2.16. The summed E-state index contributed by atoms with van der Waals surface area (Å²) in [4.78, 5) is 25.1. The molecule has 0 saturated heterocycles. The molecule has 1 aromatic heterocycles. The number of carbonyl (C=O) groups is 2. The van der Waals surface area contributed by atoms with Crippen LogP contribution in [0.2, 0.25) is 0 Å². The number of nitrogens with one attached hydrogen (secondary N) is 1. The predicted octanol–water partition coefficient (Wildman–Crippen LogP) is 3.85. The fraction of sp³-hybridized carbons (Fsp3) is 0.375. The number of rotatable bonds is 8. The number of hydrogen-bond donors (Lipinski definition) is 1. The normalized spacial score (nSPS) is 12.2. The second kappa shape index (κ2) is 10.6. The number of aryl methyl sites for hydroxylation is 3. The molecule has 7 nitrogen and oxygen atoms in total. The lowest BCUT2D eigenvalue weighted by atomic mass is 10.1. The van der Waals surface area contributed by atoms with E-state index in [4.69, 9.17) is 9.47 Å². The van der Waals surface area contributed by atoms with Crippen LogP contribution in [0.15, 0.2) is 29.8 Å². The standard InChI is InChI=1S/C24H29N3O4/c1-15-8-7-9-16(2)22(15)26-23(28)19(5)31-24(29)21(14-25)13-20-12-17(3)27(18(20)4)10-11-30-6/h7-9,12-13,19H,10-11H2,1-6H3,(H,26,28)/b21-13+/t19-/m0/s1. The fourth-order valence-corrected chi connectivity index (χ4v) is 3.31. The number of benzene rings is 1. The largest absolute Gasteiger partial charge is 0.448 e. The number of methoxy groups -OCH3 is 1. The van der Waals surface area contributed by atoms with E-state index in [1.54, 1.807) is 7.11 Å². The molecule has 1 heterocycles. The van der Waals surface area contributed by atoms with Crippen LogP contribution >= 0.6 is 0 Å². The van der Waals surface area contributed by atoms with E-state index in [0.29, 0.717) is 18.8 Å². The molecular weight excluding hydrogens is 394 g/mol. The number of nitrogens with zero attached hydrogens (tertiary/aromatic N) is 2. The molecule has 1 amide bonds. The Morgan fingerprint density at radius 1 is 1.23 bits per heavy atom. The molecule has 7 heteroatoms. The van der Waals surface area contributed by atoms with Crippen LogP contribution < -0.4 is 5.32 Å². The molecule has 31 heavy (non-hydrogen) atoms. The summed E-state index contributed by atoms with van der Waals surface area (Å²) >= 11 is 0. The van der Waals surface area contributed by atoms with Gasteiger partial charge >= 0.3 is 5.97 Å². The highest BCUT2D eigenvalue weighted by Crippen LogP contribution is 2.21. The van der Waals surface area contributed by atoms with Gasteiger partial charge in [-0.15, -0.1) is 0 Å². The number of hydrogen-bond acceptors (Lipinski definition) is 5. The highest BCUT2D eigenvalue weighted by atomic mass is 16.5. The molecule has 0 radical (unpaired) electrons. The summed E-state index contributed by atoms with van der Waals surface area (Å²) in [6.07, 6.45) is 0.432. The number of esters is 1. The Morgan fingerprint density at radius 2 is 1.87 bits per heavy atom. The maximum Gasteiger partial charge on any atom is 0.349 e. The number of anilines is 1. The van der Waals surface area contributed by atoms with Crippen molar-refractivity contribution in [3.63, 3.8) is 0 Å². The Hall–Kier alpha value is -3.37. The Bertz CT molecular complexity index is 1020. The highest BCUT2D eigenvalue weighted by molar-refractivity contribution is 6.01. The minimum Gasteiger partial charge on any atom is -0.448 e. The number of amides is 1. The summed E-state index contributed by atoms with van der Waals surface area (Å²) in [5.74, 6) is -1.30. The molecule has 0 aliphatic carbocycles. The van der Waals surface area contributed by atoms with Crippen LogP contribution in [-0.2, 0) is 25.6 Å². The Morgan fingerprint density at radius 3 is 2.45 bits per heavy atom. The van der Waals surface area contributed by atoms with E-state index < -0.39 is 18.0 Å². The molecule has 0 bridgehead atoms. The van der Waals surface area contributed by atoms with Crippen molar-refractivity contribution in [2.45, 2.75) is 47.3 Å². The number of carbonyl (C=O) groups excluding carboxylic acids is 2. The topological polar surface area (TPSA) is 93.3 Å². The minimum absolute atomic E-state index is 0.168. The number of aromatic nitrogens is 1. The Labute approximate surface area is 183 Å². The molecule has 1 atom stereocenters. The third-order valence-electron chi connectivity index (χ3n) is 5.15. The summed E-state index contributed by atoms with van der Waals surface area (Å²) in [5, 5.41) is 12.3. The van der Waals surface area contributed by atoms with E-state index in [1.807, 2.05) is 58.0 Å². The Kier molecular flexibility index (Phi) is 8.17. The van der Waals surface area contributed by atoms with Crippen LogP contribution in [0.5, 0.6) is 0 Å². The second-order valence-electron chi connectivity index (χ2n) is 7.44. The van der Waals surface area contributed by atoms with Crippen LogP contribution in [-0.4, -0.2) is 36.3 Å². The maximum absolute atomic E-state index is 12.5. The van der Waals surface area contributed by atoms with Gasteiger partial charge < -0.3 is 19.4 Å². The van der Waals surface area contributed by atoms with Gasteiger partial charge in [-0.1, -0.05) is 18.2 Å². The van der Waals surface area contributed by atoms with Gasteiger partial charge in [0.15, 0.2) is 6.10 Å². The maximum atomic E-state index is 12.5. The lowest BCUT2D eigenvalue weighted by Crippen LogP contribution is -2.30. The van der Waals surface area contributed by atoms with Crippen molar-refractivity contribution < 1.29 is 19.1 Å². The lowest BCUT2D eigenvalue weighted by molar-refractivity contribution is -0.148. The van der Waals surface area contributed by atoms with Crippen molar-refractivity contribution in [2.24, 2.45) is 0 Å². The van der Waals surface area contributed by atoms with Crippen molar-refractivity contribution >= 4 is 23.6 Å². The SMILES string of the molecule is COCCn1c(C)cc(/C=C(\C#N)C(=O)O[C@@H](C)C(=O)Nc2c(C)cccc2C)c1C. The average molecular weight is 424 g/mol. The first kappa shape index (κ1) is 23.9. The summed E-state index contributed by atoms with van der Waals surface area (Å²) < 4.78 is 12.4. The molecule has 1 N–H and O–H groups in total. The number of para-hydroxylation sites is 1. The van der Waals surface area contributed by atoms with E-state index in [9.17, 15) is 14.9 Å². The van der Waals surface area contributed by atoms with E-state index in [1.165, 1.54) is 13.0 Å². The van der Waals surface area contributed by atoms with Crippen molar-refractivity contribution in [1.29, 1.82) is 5.26 Å². The molecule has 1 aromatic carbocycles. The summed E-state index contributed by atoms with van der Waals surface area (Å²) in [6.45, 7) is 10.3. The number of nitriles is 1. The van der Waals surface area contributed by atoms with E-state index >= 15 is 0 Å². The molecular formula is C24H29N3O4. The van der Waals surface area contributed by atoms with Crippen LogP contribution in [0.3, 0.4) is 0 Å². The van der Waals surface area contributed by atoms with Crippen molar-refractivity contribution in [3.05, 3.63) is 57.9 Å². The minimum atomic E-state index is -1.06. The average Bonchev–Trinajstić information content (AvgIpc) is 2.99. The number of ether oxygens (including phenoxy) is 2. The molecule has 0 spiro atoms. The van der Waals surface area contributed by atoms with Gasteiger partial charge in [0, 0.05) is 30.7 Å². The van der Waals surface area contributed by atoms with Crippen molar-refractivity contribution in [2.75, 3.05) is 19.0 Å². The first-order chi connectivity index (χ1) is 14.7. The molecule has 0 aliphatic heterocycles. The predicted molar refractivity (Wildman–Crippen MR) is 119 cm³/mol. The fourth-order valence-electron chi connectivity index (χ4n) is 3.31. The van der Waals surface area contributed by atoms with Gasteiger partial charge in [0.05, 0.1) is 6.61 Å². The zero-order chi connectivity index (χ0) is 23.1. The van der Waals surface area contributed by atoms with Gasteiger partial charge in [0.1, 0.15) is 11.6 Å². The molecule has 2 rings (SSSR count). The van der Waals surface area contributed by atoms with Gasteiger partial charge in [0.2, 0.25) is 0 Å². The molecule has 0 unspecified atom stereocenters. The van der Waals surface area contributed by atoms with Gasteiger partial charge in [-0.25, -0.2) is 4.79 Å². The van der Waals surface area contributed by atoms with Crippen LogP contribution in [0.4, 0.5) is 5.69 Å². The van der Waals surface area contributed by atoms with Gasteiger partial charge in [-0.3, -0.25) is 4.79 Å². The van der Waals surface area contributed by atoms with Gasteiger partial charge in [-0.2, -0.15) is 5.26 Å². The van der Waals surface area contributed by atoms with E-state index in [2.05, 4.69) is 9.88 Å². The summed E-state index contributed by atoms with van der Waals surface area (Å²) in [6, 6.07) is 9.46. The molecule has 0 aliphatic rings. The smallest absolute Gasteiger partial charge is 0.349 e. The monoisotopic (exact) mass is 423 g/mol. The molecule has 2 aromatic rings. The Balaban J connectivity index is 2.14. The van der Waals surface area contributed by atoms with Crippen LogP contribution in [0, 0.1) is 39.0 Å². The van der Waals surface area contributed by atoms with Gasteiger partial charge in [0.25, 0.3) is 5.91 Å². The van der Waals surface area contributed by atoms with Crippen LogP contribution in [0.1, 0.15) is 35.0 Å². The highest BCUT2D eigenvalue weighted by Gasteiger charge is 2.22. The summed E-state index contributed by atoms with van der Waals surface area (Å²) in [7, 11) is 1.64. The van der Waals surface area contributed by atoms with Crippen molar-refractivity contribution in [3.8, 4) is 6.07 Å². The third-order valence-corrected chi connectivity index (χ3v) is 5.15. The van der Waals surface area contributed by atoms with Crippen LogP contribution in [0.25, 0.3) is 6.08 Å². The van der Waals surface area contributed by atoms with Crippen molar-refractivity contribution in [1.82, 2.24) is 4.57 Å². The second-order valence-corrected chi connectivity index (χ2v) is 7.44. The molecule has 0 saturated carbocycles. The first-order valence-corrected chi connectivity index (χ1v) is 10.0. The van der Waals surface area contributed by atoms with E-state index in [0.717, 1.165) is 28.1 Å². The first-order valence-electron chi connectivity index (χ1n) is 10.0. The quantitative estimate of drug-likeness (QED) is 0.395. The van der Waals surface area contributed by atoms with E-state index in [-0.39, 0.29) is 5.57 Å². The third kappa shape index (κ3) is 5.83. The molecule has 164 valence electrons. The zero-order valence-electron chi connectivity index (χ0n) is 18.9.